The average molecular weight is 1340 g/mol. The largest absolute Gasteiger partial charge is 0.472 e. The molecule has 17 nitrogen and oxygen atoms in total. The molecule has 0 fully saturated rings. The van der Waals surface area contributed by atoms with Crippen molar-refractivity contribution in [1.82, 2.24) is 0 Å². The lowest BCUT2D eigenvalue weighted by atomic mass is 9.99. The number of phosphoric ester groups is 2. The normalized spacial score (nSPS) is 15.1. The summed E-state index contributed by atoms with van der Waals surface area (Å²) in [6.45, 7) is 14.2. The highest BCUT2D eigenvalue weighted by Gasteiger charge is 2.30. The molecule has 19 heteroatoms. The lowest BCUT2D eigenvalue weighted by Gasteiger charge is -2.21. The Bertz CT molecular complexity index is 1800. The molecule has 91 heavy (non-hydrogen) atoms. The summed E-state index contributed by atoms with van der Waals surface area (Å²) in [4.78, 5) is 72.7. The topological polar surface area (TPSA) is 237 Å². The number of esters is 4. The Morgan fingerprint density at radius 3 is 0.780 bits per heavy atom. The summed E-state index contributed by atoms with van der Waals surface area (Å²) in [7, 11) is -9.91. The quantitative estimate of drug-likeness (QED) is 0.0222. The Kier molecular flexibility index (Phi) is 60.3. The summed E-state index contributed by atoms with van der Waals surface area (Å²) in [5, 5.41) is 10.6. The van der Waals surface area contributed by atoms with Crippen LogP contribution in [-0.4, -0.2) is 96.7 Å². The summed E-state index contributed by atoms with van der Waals surface area (Å²) >= 11 is 0. The third-order valence-corrected chi connectivity index (χ3v) is 19.6. The fourth-order valence-corrected chi connectivity index (χ4v) is 12.3. The monoisotopic (exact) mass is 1340 g/mol. The number of unbranched alkanes of at least 4 members (excludes halogenated alkanes) is 32. The van der Waals surface area contributed by atoms with Crippen LogP contribution in [0, 0.1) is 23.7 Å². The first kappa shape index (κ1) is 89.1. The van der Waals surface area contributed by atoms with Gasteiger partial charge in [-0.1, -0.05) is 306 Å². The van der Waals surface area contributed by atoms with Crippen LogP contribution in [0.3, 0.4) is 0 Å². The van der Waals surface area contributed by atoms with Gasteiger partial charge in [0.15, 0.2) is 12.2 Å². The van der Waals surface area contributed by atoms with Gasteiger partial charge in [-0.15, -0.1) is 0 Å². The minimum atomic E-state index is -4.95. The lowest BCUT2D eigenvalue weighted by Crippen LogP contribution is -2.30. The molecule has 0 rings (SSSR count). The highest BCUT2D eigenvalue weighted by molar-refractivity contribution is 7.47. The van der Waals surface area contributed by atoms with Crippen LogP contribution in [0.25, 0.3) is 0 Å². The molecule has 0 aliphatic heterocycles. The summed E-state index contributed by atoms with van der Waals surface area (Å²) in [6.07, 6.45) is 44.3. The molecule has 0 bridgehead atoms. The third-order valence-electron chi connectivity index (χ3n) is 17.7. The van der Waals surface area contributed by atoms with E-state index in [1.807, 2.05) is 0 Å². The van der Waals surface area contributed by atoms with Crippen LogP contribution in [-0.2, 0) is 65.4 Å². The van der Waals surface area contributed by atoms with Gasteiger partial charge < -0.3 is 33.8 Å². The molecule has 0 aliphatic carbocycles. The number of hydrogen-bond acceptors (Lipinski definition) is 15. The predicted octanol–water partition coefficient (Wildman–Crippen LogP) is 20.5. The van der Waals surface area contributed by atoms with Crippen LogP contribution >= 0.6 is 15.6 Å². The van der Waals surface area contributed by atoms with E-state index >= 15 is 0 Å². The first-order valence-corrected chi connectivity index (χ1v) is 40.3. The molecule has 0 amide bonds. The number of rotatable bonds is 69. The van der Waals surface area contributed by atoms with E-state index in [9.17, 15) is 43.2 Å². The highest BCUT2D eigenvalue weighted by Crippen LogP contribution is 2.45. The van der Waals surface area contributed by atoms with Crippen LogP contribution in [0.1, 0.15) is 357 Å². The van der Waals surface area contributed by atoms with E-state index < -0.39 is 97.5 Å². The second kappa shape index (κ2) is 61.6. The van der Waals surface area contributed by atoms with Crippen LogP contribution < -0.4 is 0 Å². The van der Waals surface area contributed by atoms with E-state index in [-0.39, 0.29) is 25.7 Å². The molecule has 540 valence electrons. The van der Waals surface area contributed by atoms with Gasteiger partial charge >= 0.3 is 39.5 Å². The van der Waals surface area contributed by atoms with Gasteiger partial charge in [0, 0.05) is 25.7 Å². The summed E-state index contributed by atoms with van der Waals surface area (Å²) in [5.74, 6) is 0.961. The van der Waals surface area contributed by atoms with Gasteiger partial charge in [0.25, 0.3) is 0 Å². The molecule has 0 aromatic carbocycles. The van der Waals surface area contributed by atoms with E-state index in [0.717, 1.165) is 120 Å². The van der Waals surface area contributed by atoms with Crippen molar-refractivity contribution >= 4 is 39.5 Å². The molecule has 0 heterocycles. The zero-order chi connectivity index (χ0) is 67.5. The van der Waals surface area contributed by atoms with Gasteiger partial charge in [-0.3, -0.25) is 37.3 Å². The van der Waals surface area contributed by atoms with E-state index in [2.05, 4.69) is 55.4 Å². The average Bonchev–Trinajstić information content (AvgIpc) is 3.06. The molecule has 5 unspecified atom stereocenters. The minimum Gasteiger partial charge on any atom is -0.462 e. The maximum Gasteiger partial charge on any atom is 0.472 e. The Balaban J connectivity index is 5.27. The fourth-order valence-electron chi connectivity index (χ4n) is 10.7. The van der Waals surface area contributed by atoms with Crippen molar-refractivity contribution < 1.29 is 80.2 Å². The molecular weight excluding hydrogens is 1200 g/mol. The molecule has 0 saturated carbocycles. The van der Waals surface area contributed by atoms with Gasteiger partial charge in [0.05, 0.1) is 26.4 Å². The SMILES string of the molecule is CCC(C)CCCCCCCCCCCCC(=O)O[C@H](COC(=O)CCCCCCCCCCC(C)CC)COP(=O)(O)OC[C@@H](O)COP(=O)(O)OC[C@@H](COC(=O)CCCCCCCCC(C)CC)OC(=O)CCCCCCCCCCCCCCC(C)C. The van der Waals surface area contributed by atoms with Gasteiger partial charge in [-0.2, -0.15) is 0 Å². The predicted molar refractivity (Wildman–Crippen MR) is 367 cm³/mol. The number of carbonyl (C=O) groups excluding carboxylic acids is 4. The van der Waals surface area contributed by atoms with Crippen molar-refractivity contribution in [3.8, 4) is 0 Å². The minimum absolute atomic E-state index is 0.105. The molecule has 0 aromatic heterocycles. The van der Waals surface area contributed by atoms with Gasteiger partial charge in [0.1, 0.15) is 19.3 Å². The maximum atomic E-state index is 13.0. The third kappa shape index (κ3) is 62.6. The first-order chi connectivity index (χ1) is 43.7. The number of ether oxygens (including phenoxy) is 4. The molecule has 0 spiro atoms. The summed E-state index contributed by atoms with van der Waals surface area (Å²) in [6, 6.07) is 0. The second-order valence-electron chi connectivity index (χ2n) is 27.2. The van der Waals surface area contributed by atoms with E-state index in [1.54, 1.807) is 0 Å². The van der Waals surface area contributed by atoms with Gasteiger partial charge in [-0.05, 0) is 49.4 Å². The van der Waals surface area contributed by atoms with E-state index in [1.165, 1.54) is 154 Å². The number of carbonyl (C=O) groups is 4. The number of aliphatic hydroxyl groups excluding tert-OH is 1. The standard InChI is InChI=1S/C72H140O17P2/c1-9-63(6)49-41-33-25-19-16-17-21-29-39-47-55-72(77)88-67(58-82-69(74)52-44-36-27-23-22-26-34-42-50-64(7)10-2)60-86-90(78,79)84-56-66(73)57-85-91(80,81)87-61-68(59-83-70(75)53-45-37-31-30-35-43-51-65(8)11-3)89-71(76)54-46-38-28-20-15-13-12-14-18-24-32-40-48-62(4)5/h62-68,73H,9-61H2,1-8H3,(H,78,79)(H,80,81)/t63?,64?,65?,66-,67-,68-/m1/s1. The Hall–Kier alpha value is -1.94. The van der Waals surface area contributed by atoms with Crippen LogP contribution in [0.5, 0.6) is 0 Å². The molecule has 3 N–H and O–H groups in total. The van der Waals surface area contributed by atoms with Crippen molar-refractivity contribution in [1.29, 1.82) is 0 Å². The second-order valence-corrected chi connectivity index (χ2v) is 30.1. The van der Waals surface area contributed by atoms with Crippen molar-refractivity contribution in [3.05, 3.63) is 0 Å². The molecule has 0 saturated heterocycles. The first-order valence-electron chi connectivity index (χ1n) is 37.3. The summed E-state index contributed by atoms with van der Waals surface area (Å²) in [5.41, 5.74) is 0. The fraction of sp³-hybridized carbons (Fsp3) is 0.944. The molecule has 0 radical (unpaired) electrons. The van der Waals surface area contributed by atoms with Crippen LogP contribution in [0.4, 0.5) is 0 Å². The van der Waals surface area contributed by atoms with Gasteiger partial charge in [-0.25, -0.2) is 9.13 Å². The molecule has 0 aliphatic rings. The molecule has 0 aromatic rings. The Labute approximate surface area is 556 Å². The molecular formula is C72H140O17P2. The lowest BCUT2D eigenvalue weighted by molar-refractivity contribution is -0.161. The smallest absolute Gasteiger partial charge is 0.462 e. The van der Waals surface area contributed by atoms with E-state index in [0.29, 0.717) is 25.7 Å². The number of aliphatic hydroxyl groups is 1. The Morgan fingerprint density at radius 2 is 0.527 bits per heavy atom. The molecule has 8 atom stereocenters. The zero-order valence-corrected chi connectivity index (χ0v) is 61.3. The van der Waals surface area contributed by atoms with E-state index in [4.69, 9.17) is 37.0 Å². The van der Waals surface area contributed by atoms with Crippen molar-refractivity contribution in [2.75, 3.05) is 39.6 Å². The zero-order valence-electron chi connectivity index (χ0n) is 59.5. The van der Waals surface area contributed by atoms with Crippen LogP contribution in [0.15, 0.2) is 0 Å². The Morgan fingerprint density at radius 1 is 0.308 bits per heavy atom. The van der Waals surface area contributed by atoms with Crippen molar-refractivity contribution in [3.63, 3.8) is 0 Å². The van der Waals surface area contributed by atoms with Gasteiger partial charge in [0.2, 0.25) is 0 Å². The number of phosphoric acid groups is 2. The highest BCUT2D eigenvalue weighted by atomic mass is 31.2. The number of hydrogen-bond donors (Lipinski definition) is 3. The summed E-state index contributed by atoms with van der Waals surface area (Å²) < 4.78 is 68.4. The van der Waals surface area contributed by atoms with Crippen LogP contribution in [0.2, 0.25) is 0 Å². The van der Waals surface area contributed by atoms with Crippen molar-refractivity contribution in [2.45, 2.75) is 375 Å². The maximum absolute atomic E-state index is 13.0. The van der Waals surface area contributed by atoms with Crippen molar-refractivity contribution in [2.24, 2.45) is 23.7 Å².